The van der Waals surface area contributed by atoms with Crippen LogP contribution in [-0.2, 0) is 4.74 Å². The van der Waals surface area contributed by atoms with Crippen molar-refractivity contribution in [1.82, 2.24) is 14.9 Å². The molecule has 3 rings (SSSR count). The third kappa shape index (κ3) is 2.87. The van der Waals surface area contributed by atoms with Crippen molar-refractivity contribution in [2.24, 2.45) is 5.10 Å². The van der Waals surface area contributed by atoms with Crippen LogP contribution >= 0.6 is 11.8 Å². The summed E-state index contributed by atoms with van der Waals surface area (Å²) in [5.41, 5.74) is 3.09. The molecule has 1 aromatic heterocycles. The van der Waals surface area contributed by atoms with E-state index in [9.17, 15) is 0 Å². The largest absolute Gasteiger partial charge is 0.361 e. The van der Waals surface area contributed by atoms with E-state index >= 15 is 0 Å². The summed E-state index contributed by atoms with van der Waals surface area (Å²) in [6, 6.07) is 8.35. The van der Waals surface area contributed by atoms with E-state index < -0.39 is 0 Å². The van der Waals surface area contributed by atoms with Gasteiger partial charge in [0.05, 0.1) is 0 Å². The minimum atomic E-state index is -0.135. The van der Waals surface area contributed by atoms with Crippen LogP contribution in [0, 0.1) is 13.8 Å². The molecule has 1 aliphatic rings. The summed E-state index contributed by atoms with van der Waals surface area (Å²) < 4.78 is 7.73. The Balaban J connectivity index is 2.00. The van der Waals surface area contributed by atoms with Crippen molar-refractivity contribution in [3.05, 3.63) is 41.2 Å². The second-order valence-corrected chi connectivity index (χ2v) is 6.04. The Morgan fingerprint density at radius 2 is 1.95 bits per heavy atom. The van der Waals surface area contributed by atoms with Gasteiger partial charge in [0.1, 0.15) is 5.71 Å². The molecule has 1 aliphatic heterocycles. The highest BCUT2D eigenvalue weighted by atomic mass is 32.2. The standard InChI is InChI=1S/C15H18N4OS/c1-4-9-20-14-13(12-7-5-10(2)6-8-12)18-19-11(3)16-17-15(19)21-14/h5-8,14H,4,9H2,1-3H3/t14-/m1/s1. The fourth-order valence-electron chi connectivity index (χ4n) is 2.09. The average molecular weight is 302 g/mol. The molecule has 5 nitrogen and oxygen atoms in total. The van der Waals surface area contributed by atoms with Gasteiger partial charge >= 0.3 is 0 Å². The molecule has 21 heavy (non-hydrogen) atoms. The van der Waals surface area contributed by atoms with Gasteiger partial charge in [0, 0.05) is 12.2 Å². The Hall–Kier alpha value is -1.66. The molecule has 0 spiro atoms. The molecule has 2 aromatic rings. The van der Waals surface area contributed by atoms with Crippen LogP contribution < -0.4 is 0 Å². The second kappa shape index (κ2) is 5.99. The lowest BCUT2D eigenvalue weighted by molar-refractivity contribution is 0.150. The van der Waals surface area contributed by atoms with E-state index in [0.717, 1.165) is 28.7 Å². The van der Waals surface area contributed by atoms with Gasteiger partial charge in [-0.1, -0.05) is 36.8 Å². The number of aryl methyl sites for hydroxylation is 2. The fourth-order valence-corrected chi connectivity index (χ4v) is 3.10. The summed E-state index contributed by atoms with van der Waals surface area (Å²) in [7, 11) is 0. The van der Waals surface area contributed by atoms with E-state index in [4.69, 9.17) is 9.84 Å². The summed E-state index contributed by atoms with van der Waals surface area (Å²) in [4.78, 5) is 0. The Kier molecular flexibility index (Phi) is 4.07. The number of aromatic nitrogens is 3. The van der Waals surface area contributed by atoms with Gasteiger partial charge in [0.2, 0.25) is 5.16 Å². The minimum absolute atomic E-state index is 0.135. The lowest BCUT2D eigenvalue weighted by Gasteiger charge is -2.23. The summed E-state index contributed by atoms with van der Waals surface area (Å²) in [5.74, 6) is 0.788. The topological polar surface area (TPSA) is 52.3 Å². The van der Waals surface area contributed by atoms with Crippen molar-refractivity contribution in [2.45, 2.75) is 37.8 Å². The number of rotatable bonds is 4. The van der Waals surface area contributed by atoms with Gasteiger partial charge in [-0.3, -0.25) is 0 Å². The van der Waals surface area contributed by atoms with E-state index in [1.165, 1.54) is 5.56 Å². The zero-order chi connectivity index (χ0) is 14.8. The van der Waals surface area contributed by atoms with Gasteiger partial charge in [0.25, 0.3) is 0 Å². The predicted octanol–water partition coefficient (Wildman–Crippen LogP) is 3.01. The van der Waals surface area contributed by atoms with Gasteiger partial charge in [-0.05, 0) is 32.0 Å². The number of nitrogens with zero attached hydrogens (tertiary/aromatic N) is 4. The lowest BCUT2D eigenvalue weighted by Crippen LogP contribution is -2.27. The maximum atomic E-state index is 5.95. The molecule has 1 atom stereocenters. The Bertz CT molecular complexity index is 663. The van der Waals surface area contributed by atoms with E-state index in [1.807, 2.05) is 6.92 Å². The van der Waals surface area contributed by atoms with Crippen molar-refractivity contribution in [3.8, 4) is 0 Å². The first-order valence-electron chi connectivity index (χ1n) is 7.05. The number of ether oxygens (including phenoxy) is 1. The quantitative estimate of drug-likeness (QED) is 0.871. The normalized spacial score (nSPS) is 17.5. The number of hydrogen-bond donors (Lipinski definition) is 0. The van der Waals surface area contributed by atoms with Crippen LogP contribution in [0.25, 0.3) is 0 Å². The molecule has 0 amide bonds. The van der Waals surface area contributed by atoms with E-state index in [-0.39, 0.29) is 5.44 Å². The molecule has 2 heterocycles. The average Bonchev–Trinajstić information content (AvgIpc) is 2.86. The highest BCUT2D eigenvalue weighted by Crippen LogP contribution is 2.31. The van der Waals surface area contributed by atoms with Crippen LogP contribution in [0.1, 0.15) is 30.3 Å². The van der Waals surface area contributed by atoms with Crippen molar-refractivity contribution in [1.29, 1.82) is 0 Å². The number of benzene rings is 1. The first kappa shape index (κ1) is 14.3. The van der Waals surface area contributed by atoms with Crippen molar-refractivity contribution < 1.29 is 4.74 Å². The zero-order valence-electron chi connectivity index (χ0n) is 12.4. The van der Waals surface area contributed by atoms with Crippen LogP contribution in [0.4, 0.5) is 0 Å². The molecule has 0 aliphatic carbocycles. The number of thioether (sulfide) groups is 1. The van der Waals surface area contributed by atoms with Gasteiger partial charge in [0.15, 0.2) is 11.3 Å². The monoisotopic (exact) mass is 302 g/mol. The van der Waals surface area contributed by atoms with Gasteiger partial charge in [-0.15, -0.1) is 10.2 Å². The number of fused-ring (bicyclic) bond motifs is 1. The van der Waals surface area contributed by atoms with Gasteiger partial charge in [-0.25, -0.2) is 0 Å². The molecular formula is C15H18N4OS. The van der Waals surface area contributed by atoms with Crippen LogP contribution in [0.3, 0.4) is 0 Å². The highest BCUT2D eigenvalue weighted by Gasteiger charge is 2.28. The predicted molar refractivity (Wildman–Crippen MR) is 83.8 cm³/mol. The Morgan fingerprint density at radius 3 is 2.67 bits per heavy atom. The third-order valence-corrected chi connectivity index (χ3v) is 4.27. The molecule has 0 radical (unpaired) electrons. The minimum Gasteiger partial charge on any atom is -0.361 e. The zero-order valence-corrected chi connectivity index (χ0v) is 13.2. The molecule has 0 fully saturated rings. The molecule has 0 saturated heterocycles. The van der Waals surface area contributed by atoms with Gasteiger partial charge < -0.3 is 4.74 Å². The van der Waals surface area contributed by atoms with Crippen LogP contribution in [0.15, 0.2) is 34.5 Å². The molecule has 0 bridgehead atoms. The molecular weight excluding hydrogens is 284 g/mol. The lowest BCUT2D eigenvalue weighted by atomic mass is 10.1. The Labute approximate surface area is 128 Å². The van der Waals surface area contributed by atoms with E-state index in [0.29, 0.717) is 6.61 Å². The van der Waals surface area contributed by atoms with Crippen molar-refractivity contribution >= 4 is 17.5 Å². The van der Waals surface area contributed by atoms with Crippen molar-refractivity contribution in [2.75, 3.05) is 6.61 Å². The van der Waals surface area contributed by atoms with Gasteiger partial charge in [-0.2, -0.15) is 9.78 Å². The summed E-state index contributed by atoms with van der Waals surface area (Å²) in [5, 5.41) is 13.7. The fraction of sp³-hybridized carbons (Fsp3) is 0.400. The second-order valence-electron chi connectivity index (χ2n) is 5.01. The highest BCUT2D eigenvalue weighted by molar-refractivity contribution is 8.00. The van der Waals surface area contributed by atoms with E-state index in [1.54, 1.807) is 16.4 Å². The first-order valence-corrected chi connectivity index (χ1v) is 7.93. The molecule has 0 unspecified atom stereocenters. The summed E-state index contributed by atoms with van der Waals surface area (Å²) in [6.45, 7) is 6.79. The summed E-state index contributed by atoms with van der Waals surface area (Å²) >= 11 is 1.56. The first-order chi connectivity index (χ1) is 10.2. The molecule has 110 valence electrons. The molecule has 6 heteroatoms. The van der Waals surface area contributed by atoms with Crippen LogP contribution in [0.5, 0.6) is 0 Å². The molecule has 0 N–H and O–H groups in total. The third-order valence-electron chi connectivity index (χ3n) is 3.23. The van der Waals surface area contributed by atoms with E-state index in [2.05, 4.69) is 48.3 Å². The number of hydrogen-bond acceptors (Lipinski definition) is 5. The smallest absolute Gasteiger partial charge is 0.214 e. The SMILES string of the molecule is CCCO[C@@H]1Sc2nnc(C)n2N=C1c1ccc(C)cc1. The maximum absolute atomic E-state index is 5.95. The summed E-state index contributed by atoms with van der Waals surface area (Å²) in [6.07, 6.45) is 0.976. The van der Waals surface area contributed by atoms with Crippen molar-refractivity contribution in [3.63, 3.8) is 0 Å². The molecule has 1 aromatic carbocycles. The Morgan fingerprint density at radius 1 is 1.19 bits per heavy atom. The van der Waals surface area contributed by atoms with Crippen LogP contribution in [0.2, 0.25) is 0 Å². The molecule has 0 saturated carbocycles. The van der Waals surface area contributed by atoms with Crippen LogP contribution in [-0.4, -0.2) is 32.6 Å². The maximum Gasteiger partial charge on any atom is 0.214 e.